The maximum atomic E-state index is 12.4. The molecular weight excluding hydrogens is 320 g/mol. The van der Waals surface area contributed by atoms with Gasteiger partial charge in [-0.15, -0.1) is 0 Å². The van der Waals surface area contributed by atoms with E-state index < -0.39 is 11.2 Å². The van der Waals surface area contributed by atoms with Crippen molar-refractivity contribution in [1.82, 2.24) is 19.8 Å². The summed E-state index contributed by atoms with van der Waals surface area (Å²) in [4.78, 5) is 41.7. The van der Waals surface area contributed by atoms with Crippen LogP contribution in [0.15, 0.2) is 33.9 Å². The number of benzene rings is 1. The van der Waals surface area contributed by atoms with Crippen LogP contribution >= 0.6 is 0 Å². The zero-order chi connectivity index (χ0) is 17.8. The van der Waals surface area contributed by atoms with Gasteiger partial charge in [0.05, 0.1) is 10.9 Å². The molecule has 0 spiro atoms. The highest BCUT2D eigenvalue weighted by atomic mass is 16.2. The number of amides is 1. The van der Waals surface area contributed by atoms with Gasteiger partial charge in [0.1, 0.15) is 6.54 Å². The van der Waals surface area contributed by atoms with Crippen LogP contribution in [0.5, 0.6) is 0 Å². The van der Waals surface area contributed by atoms with E-state index >= 15 is 0 Å². The molecule has 134 valence electrons. The predicted molar refractivity (Wildman–Crippen MR) is 96.7 cm³/mol. The first kappa shape index (κ1) is 17.4. The van der Waals surface area contributed by atoms with Crippen molar-refractivity contribution >= 4 is 16.8 Å². The second-order valence-corrected chi connectivity index (χ2v) is 6.78. The van der Waals surface area contributed by atoms with Crippen molar-refractivity contribution in [3.05, 3.63) is 45.1 Å². The van der Waals surface area contributed by atoms with Crippen LogP contribution in [-0.2, 0) is 11.3 Å². The van der Waals surface area contributed by atoms with E-state index in [0.717, 1.165) is 24.2 Å². The predicted octanol–water partition coefficient (Wildman–Crippen LogP) is 0.538. The van der Waals surface area contributed by atoms with Crippen molar-refractivity contribution in [1.29, 1.82) is 0 Å². The van der Waals surface area contributed by atoms with Crippen molar-refractivity contribution in [2.45, 2.75) is 26.3 Å². The highest BCUT2D eigenvalue weighted by Gasteiger charge is 2.16. The second-order valence-electron chi connectivity index (χ2n) is 6.78. The Morgan fingerprint density at radius 2 is 1.96 bits per heavy atom. The summed E-state index contributed by atoms with van der Waals surface area (Å²) in [6.07, 6.45) is 2.49. The molecule has 2 aromatic rings. The lowest BCUT2D eigenvalue weighted by molar-refractivity contribution is -0.121. The maximum absolute atomic E-state index is 12.4. The molecule has 7 nitrogen and oxygen atoms in total. The fraction of sp³-hybridized carbons (Fsp3) is 0.500. The molecule has 1 fully saturated rings. The number of fused-ring (bicyclic) bond motifs is 1. The summed E-state index contributed by atoms with van der Waals surface area (Å²) in [6.45, 7) is 5.57. The zero-order valence-corrected chi connectivity index (χ0v) is 14.5. The molecule has 7 heteroatoms. The van der Waals surface area contributed by atoms with Crippen molar-refractivity contribution in [2.75, 3.05) is 26.2 Å². The Morgan fingerprint density at radius 1 is 1.24 bits per heavy atom. The van der Waals surface area contributed by atoms with Crippen LogP contribution in [0.4, 0.5) is 0 Å². The Balaban J connectivity index is 1.62. The quantitative estimate of drug-likeness (QED) is 0.801. The fourth-order valence-electron chi connectivity index (χ4n) is 3.30. The van der Waals surface area contributed by atoms with Gasteiger partial charge in [-0.05, 0) is 44.0 Å². The minimum absolute atomic E-state index is 0.268. The molecule has 1 aliphatic rings. The van der Waals surface area contributed by atoms with Gasteiger partial charge in [0.2, 0.25) is 5.91 Å². The molecule has 1 aromatic heterocycles. The number of nitrogens with zero attached hydrogens (tertiary/aromatic N) is 2. The number of H-pyrrole nitrogens is 1. The number of hydrogen-bond donors (Lipinski definition) is 2. The Kier molecular flexibility index (Phi) is 5.33. The maximum Gasteiger partial charge on any atom is 0.329 e. The largest absolute Gasteiger partial charge is 0.354 e. The topological polar surface area (TPSA) is 87.2 Å². The minimum Gasteiger partial charge on any atom is -0.354 e. The average molecular weight is 344 g/mol. The number of aromatic nitrogens is 2. The highest BCUT2D eigenvalue weighted by Crippen LogP contribution is 2.09. The molecule has 1 aromatic carbocycles. The lowest BCUT2D eigenvalue weighted by Crippen LogP contribution is -2.42. The third-order valence-electron chi connectivity index (χ3n) is 4.61. The van der Waals surface area contributed by atoms with Crippen molar-refractivity contribution in [3.8, 4) is 0 Å². The normalized spacial score (nSPS) is 16.2. The molecule has 1 atom stereocenters. The van der Waals surface area contributed by atoms with Gasteiger partial charge in [0.15, 0.2) is 0 Å². The Morgan fingerprint density at radius 3 is 2.72 bits per heavy atom. The average Bonchev–Trinajstić information content (AvgIpc) is 3.10. The summed E-state index contributed by atoms with van der Waals surface area (Å²) >= 11 is 0. The zero-order valence-electron chi connectivity index (χ0n) is 14.5. The van der Waals surface area contributed by atoms with E-state index in [-0.39, 0.29) is 12.5 Å². The number of rotatable bonds is 6. The summed E-state index contributed by atoms with van der Waals surface area (Å²) in [5.74, 6) is 0.00446. The van der Waals surface area contributed by atoms with Crippen molar-refractivity contribution in [2.24, 2.45) is 5.92 Å². The van der Waals surface area contributed by atoms with Gasteiger partial charge in [-0.2, -0.15) is 0 Å². The summed E-state index contributed by atoms with van der Waals surface area (Å²) in [7, 11) is 0. The number of hydrogen-bond acceptors (Lipinski definition) is 4. The van der Waals surface area contributed by atoms with Crippen LogP contribution in [0, 0.1) is 5.92 Å². The van der Waals surface area contributed by atoms with E-state index in [1.54, 1.807) is 24.3 Å². The molecule has 1 amide bonds. The molecule has 2 heterocycles. The number of para-hydroxylation sites is 1. The van der Waals surface area contributed by atoms with Crippen LogP contribution in [-0.4, -0.2) is 46.5 Å². The molecule has 0 bridgehead atoms. The van der Waals surface area contributed by atoms with Gasteiger partial charge in [0, 0.05) is 13.1 Å². The molecule has 2 N–H and O–H groups in total. The summed E-state index contributed by atoms with van der Waals surface area (Å²) in [5.41, 5.74) is -0.531. The number of likely N-dealkylation sites (tertiary alicyclic amines) is 1. The molecular formula is C18H24N4O3. The fourth-order valence-corrected chi connectivity index (χ4v) is 3.30. The van der Waals surface area contributed by atoms with Crippen LogP contribution in [0.1, 0.15) is 19.8 Å². The highest BCUT2D eigenvalue weighted by molar-refractivity contribution is 5.78. The van der Waals surface area contributed by atoms with Gasteiger partial charge < -0.3 is 15.2 Å². The van der Waals surface area contributed by atoms with E-state index in [1.807, 2.05) is 0 Å². The molecule has 25 heavy (non-hydrogen) atoms. The van der Waals surface area contributed by atoms with E-state index in [2.05, 4.69) is 22.1 Å². The lowest BCUT2D eigenvalue weighted by atomic mass is 10.1. The third kappa shape index (κ3) is 4.17. The van der Waals surface area contributed by atoms with Crippen LogP contribution in [0.25, 0.3) is 10.9 Å². The SMILES string of the molecule is C[C@@H](CNC(=O)Cn1c(=O)[nH]c2ccccc2c1=O)CN1CCCC1. The number of aromatic amines is 1. The first-order chi connectivity index (χ1) is 12.0. The standard InChI is InChI=1S/C18H24N4O3/c1-13(11-21-8-4-5-9-21)10-19-16(23)12-22-17(24)14-6-2-3-7-15(14)20-18(22)25/h2-3,6-7,13H,4-5,8-12H2,1H3,(H,19,23)(H,20,25)/t13-/m0/s1. The smallest absolute Gasteiger partial charge is 0.329 e. The number of nitrogens with one attached hydrogen (secondary N) is 2. The third-order valence-corrected chi connectivity index (χ3v) is 4.61. The van der Waals surface area contributed by atoms with Gasteiger partial charge in [-0.25, -0.2) is 4.79 Å². The van der Waals surface area contributed by atoms with E-state index in [4.69, 9.17) is 0 Å². The van der Waals surface area contributed by atoms with Crippen LogP contribution in [0.3, 0.4) is 0 Å². The van der Waals surface area contributed by atoms with E-state index in [1.165, 1.54) is 12.8 Å². The molecule has 0 unspecified atom stereocenters. The van der Waals surface area contributed by atoms with Gasteiger partial charge in [-0.1, -0.05) is 19.1 Å². The van der Waals surface area contributed by atoms with Gasteiger partial charge in [0.25, 0.3) is 5.56 Å². The Bertz CT molecular complexity index is 864. The van der Waals surface area contributed by atoms with E-state index in [0.29, 0.717) is 23.4 Å². The summed E-state index contributed by atoms with van der Waals surface area (Å²) < 4.78 is 0.947. The van der Waals surface area contributed by atoms with Gasteiger partial charge >= 0.3 is 5.69 Å². The first-order valence-electron chi connectivity index (χ1n) is 8.75. The monoisotopic (exact) mass is 344 g/mol. The summed E-state index contributed by atoms with van der Waals surface area (Å²) in [5, 5.41) is 3.23. The van der Waals surface area contributed by atoms with Gasteiger partial charge in [-0.3, -0.25) is 14.2 Å². The molecule has 0 aliphatic carbocycles. The summed E-state index contributed by atoms with van der Waals surface area (Å²) in [6, 6.07) is 6.78. The Labute approximate surface area is 145 Å². The van der Waals surface area contributed by atoms with Crippen LogP contribution < -0.4 is 16.6 Å². The lowest BCUT2D eigenvalue weighted by Gasteiger charge is -2.20. The molecule has 1 aliphatic heterocycles. The second kappa shape index (κ2) is 7.65. The Hall–Kier alpha value is -2.41. The minimum atomic E-state index is -0.566. The molecule has 3 rings (SSSR count). The van der Waals surface area contributed by atoms with Crippen molar-refractivity contribution in [3.63, 3.8) is 0 Å². The first-order valence-corrected chi connectivity index (χ1v) is 8.75. The van der Waals surface area contributed by atoms with Crippen molar-refractivity contribution < 1.29 is 4.79 Å². The molecule has 1 saturated heterocycles. The molecule has 0 radical (unpaired) electrons. The number of carbonyl (C=O) groups is 1. The van der Waals surface area contributed by atoms with E-state index in [9.17, 15) is 14.4 Å². The molecule has 0 saturated carbocycles. The van der Waals surface area contributed by atoms with Crippen LogP contribution in [0.2, 0.25) is 0 Å². The number of carbonyl (C=O) groups excluding carboxylic acids is 1.